The fraction of sp³-hybridized carbons (Fsp3) is 0.615. The number of aliphatic hydroxyl groups excluding tert-OH is 1. The zero-order valence-electron chi connectivity index (χ0n) is 11.3. The average molecular weight is 253 g/mol. The molecule has 0 radical (unpaired) electrons. The summed E-state index contributed by atoms with van der Waals surface area (Å²) in [4.78, 5) is 4.17. The molecule has 5 nitrogen and oxygen atoms in total. The van der Waals surface area contributed by atoms with Gasteiger partial charge in [0.1, 0.15) is 0 Å². The van der Waals surface area contributed by atoms with E-state index >= 15 is 0 Å². The van der Waals surface area contributed by atoms with Crippen LogP contribution >= 0.6 is 0 Å². The standard InChI is InChI=1S/C13H23N3O2/c1-9(6-10(2)17)16-12(7-14)11-4-5-13(18-3)15-8-11/h4-5,8-10,12,16-17H,6-7,14H2,1-3H3. The van der Waals surface area contributed by atoms with Gasteiger partial charge in [-0.3, -0.25) is 0 Å². The zero-order valence-corrected chi connectivity index (χ0v) is 11.3. The molecule has 0 aliphatic carbocycles. The van der Waals surface area contributed by atoms with Crippen molar-refractivity contribution in [2.24, 2.45) is 5.73 Å². The van der Waals surface area contributed by atoms with Gasteiger partial charge in [0.25, 0.3) is 0 Å². The maximum absolute atomic E-state index is 9.35. The normalized spacial score (nSPS) is 16.1. The molecule has 0 saturated heterocycles. The van der Waals surface area contributed by atoms with Crippen LogP contribution in [0.1, 0.15) is 31.9 Å². The van der Waals surface area contributed by atoms with Crippen molar-refractivity contribution >= 4 is 0 Å². The molecule has 1 aromatic heterocycles. The molecule has 0 bridgehead atoms. The second kappa shape index (κ2) is 7.31. The minimum absolute atomic E-state index is 0.0390. The number of nitrogens with two attached hydrogens (primary N) is 1. The van der Waals surface area contributed by atoms with Crippen LogP contribution < -0.4 is 15.8 Å². The SMILES string of the molecule is COc1ccc(C(CN)NC(C)CC(C)O)cn1. The van der Waals surface area contributed by atoms with Crippen LogP contribution in [0.2, 0.25) is 0 Å². The lowest BCUT2D eigenvalue weighted by molar-refractivity contribution is 0.168. The predicted molar refractivity (Wildman–Crippen MR) is 71.5 cm³/mol. The molecule has 102 valence electrons. The smallest absolute Gasteiger partial charge is 0.212 e. The fourth-order valence-corrected chi connectivity index (χ4v) is 1.94. The second-order valence-corrected chi connectivity index (χ2v) is 4.57. The molecule has 1 aromatic rings. The first-order valence-corrected chi connectivity index (χ1v) is 6.21. The van der Waals surface area contributed by atoms with Crippen LogP contribution in [0, 0.1) is 0 Å². The minimum Gasteiger partial charge on any atom is -0.481 e. The topological polar surface area (TPSA) is 80.4 Å². The highest BCUT2D eigenvalue weighted by molar-refractivity contribution is 5.21. The average Bonchev–Trinajstić information content (AvgIpc) is 2.35. The molecule has 0 aromatic carbocycles. The van der Waals surface area contributed by atoms with E-state index in [4.69, 9.17) is 10.5 Å². The van der Waals surface area contributed by atoms with Crippen molar-refractivity contribution in [2.75, 3.05) is 13.7 Å². The van der Waals surface area contributed by atoms with Crippen molar-refractivity contribution in [1.82, 2.24) is 10.3 Å². The number of aromatic nitrogens is 1. The Hall–Kier alpha value is -1.17. The molecule has 1 rings (SSSR count). The summed E-state index contributed by atoms with van der Waals surface area (Å²) in [6, 6.07) is 4.00. The third-order valence-corrected chi connectivity index (χ3v) is 2.79. The lowest BCUT2D eigenvalue weighted by Gasteiger charge is -2.23. The molecule has 3 unspecified atom stereocenters. The van der Waals surface area contributed by atoms with Crippen LogP contribution in [0.25, 0.3) is 0 Å². The summed E-state index contributed by atoms with van der Waals surface area (Å²) in [6.45, 7) is 4.30. The van der Waals surface area contributed by atoms with E-state index in [0.29, 0.717) is 18.8 Å². The summed E-state index contributed by atoms with van der Waals surface area (Å²) in [5.41, 5.74) is 6.79. The molecule has 1 heterocycles. The van der Waals surface area contributed by atoms with Gasteiger partial charge in [-0.2, -0.15) is 0 Å². The van der Waals surface area contributed by atoms with Crippen molar-refractivity contribution in [3.05, 3.63) is 23.9 Å². The fourth-order valence-electron chi connectivity index (χ4n) is 1.94. The van der Waals surface area contributed by atoms with Crippen LogP contribution in [0.4, 0.5) is 0 Å². The number of pyridine rings is 1. The van der Waals surface area contributed by atoms with Gasteiger partial charge in [0, 0.05) is 30.9 Å². The third-order valence-electron chi connectivity index (χ3n) is 2.79. The Morgan fingerprint density at radius 1 is 1.44 bits per heavy atom. The summed E-state index contributed by atoms with van der Waals surface area (Å²) in [7, 11) is 1.59. The number of rotatable bonds is 7. The summed E-state index contributed by atoms with van der Waals surface area (Å²) in [6.07, 6.45) is 2.14. The first-order valence-electron chi connectivity index (χ1n) is 6.21. The molecule has 0 aliphatic rings. The number of hydrogen-bond donors (Lipinski definition) is 3. The van der Waals surface area contributed by atoms with Gasteiger partial charge in [-0.15, -0.1) is 0 Å². The van der Waals surface area contributed by atoms with E-state index in [2.05, 4.69) is 10.3 Å². The van der Waals surface area contributed by atoms with Gasteiger partial charge in [-0.25, -0.2) is 4.98 Å². The van der Waals surface area contributed by atoms with Gasteiger partial charge in [0.15, 0.2) is 0 Å². The van der Waals surface area contributed by atoms with Gasteiger partial charge in [-0.1, -0.05) is 6.07 Å². The van der Waals surface area contributed by atoms with Crippen molar-refractivity contribution in [2.45, 2.75) is 38.5 Å². The Morgan fingerprint density at radius 3 is 2.61 bits per heavy atom. The molecule has 0 spiro atoms. The Labute approximate surface area is 108 Å². The van der Waals surface area contributed by atoms with Gasteiger partial charge in [0.05, 0.1) is 13.2 Å². The van der Waals surface area contributed by atoms with E-state index in [0.717, 1.165) is 5.56 Å². The predicted octanol–water partition coefficient (Wildman–Crippen LogP) is 0.839. The van der Waals surface area contributed by atoms with Crippen molar-refractivity contribution in [3.8, 4) is 5.88 Å². The van der Waals surface area contributed by atoms with Gasteiger partial charge in [-0.05, 0) is 25.8 Å². The number of methoxy groups -OCH3 is 1. The van der Waals surface area contributed by atoms with E-state index < -0.39 is 0 Å². The summed E-state index contributed by atoms with van der Waals surface area (Å²) in [5, 5.41) is 12.7. The van der Waals surface area contributed by atoms with Crippen LogP contribution in [0.5, 0.6) is 5.88 Å². The summed E-state index contributed by atoms with van der Waals surface area (Å²) in [5.74, 6) is 0.589. The molecule has 5 heteroatoms. The van der Waals surface area contributed by atoms with E-state index in [1.54, 1.807) is 20.2 Å². The van der Waals surface area contributed by atoms with E-state index in [1.807, 2.05) is 19.1 Å². The Morgan fingerprint density at radius 2 is 2.17 bits per heavy atom. The van der Waals surface area contributed by atoms with Crippen LogP contribution in [-0.4, -0.2) is 35.9 Å². The van der Waals surface area contributed by atoms with Crippen LogP contribution in [0.3, 0.4) is 0 Å². The third kappa shape index (κ3) is 4.60. The monoisotopic (exact) mass is 253 g/mol. The molecular formula is C13H23N3O2. The molecule has 0 saturated carbocycles. The zero-order chi connectivity index (χ0) is 13.5. The molecule has 0 fully saturated rings. The second-order valence-electron chi connectivity index (χ2n) is 4.57. The number of nitrogens with one attached hydrogen (secondary N) is 1. The Kier molecular flexibility index (Phi) is 6.04. The van der Waals surface area contributed by atoms with Crippen molar-refractivity contribution in [1.29, 1.82) is 0 Å². The molecule has 3 atom stereocenters. The first-order chi connectivity index (χ1) is 8.56. The van der Waals surface area contributed by atoms with Gasteiger partial charge < -0.3 is 20.9 Å². The molecule has 18 heavy (non-hydrogen) atoms. The van der Waals surface area contributed by atoms with E-state index in [1.165, 1.54) is 0 Å². The number of nitrogens with zero attached hydrogens (tertiary/aromatic N) is 1. The van der Waals surface area contributed by atoms with E-state index in [9.17, 15) is 5.11 Å². The van der Waals surface area contributed by atoms with E-state index in [-0.39, 0.29) is 18.2 Å². The lowest BCUT2D eigenvalue weighted by Crippen LogP contribution is -2.36. The van der Waals surface area contributed by atoms with Crippen LogP contribution in [-0.2, 0) is 0 Å². The lowest BCUT2D eigenvalue weighted by atomic mass is 10.1. The summed E-state index contributed by atoms with van der Waals surface area (Å²) < 4.78 is 5.02. The Balaban J connectivity index is 2.64. The van der Waals surface area contributed by atoms with Crippen molar-refractivity contribution < 1.29 is 9.84 Å². The maximum atomic E-state index is 9.35. The van der Waals surface area contributed by atoms with Gasteiger partial charge >= 0.3 is 0 Å². The highest BCUT2D eigenvalue weighted by Gasteiger charge is 2.14. The number of aliphatic hydroxyl groups is 1. The molecule has 0 aliphatic heterocycles. The minimum atomic E-state index is -0.320. The van der Waals surface area contributed by atoms with Crippen molar-refractivity contribution in [3.63, 3.8) is 0 Å². The summed E-state index contributed by atoms with van der Waals surface area (Å²) >= 11 is 0. The maximum Gasteiger partial charge on any atom is 0.212 e. The number of ether oxygens (including phenoxy) is 1. The quantitative estimate of drug-likeness (QED) is 0.671. The Bertz CT molecular complexity index is 341. The molecule has 4 N–H and O–H groups in total. The molecular weight excluding hydrogens is 230 g/mol. The van der Waals surface area contributed by atoms with Gasteiger partial charge in [0.2, 0.25) is 5.88 Å². The number of hydrogen-bond acceptors (Lipinski definition) is 5. The van der Waals surface area contributed by atoms with Crippen LogP contribution in [0.15, 0.2) is 18.3 Å². The largest absolute Gasteiger partial charge is 0.481 e. The highest BCUT2D eigenvalue weighted by atomic mass is 16.5. The highest BCUT2D eigenvalue weighted by Crippen LogP contribution is 2.15. The molecule has 0 amide bonds. The first kappa shape index (κ1) is 14.9.